The van der Waals surface area contributed by atoms with Crippen molar-refractivity contribution in [3.05, 3.63) is 53.6 Å². The summed E-state index contributed by atoms with van der Waals surface area (Å²) in [4.78, 5) is 38.2. The Balaban J connectivity index is 1.30. The van der Waals surface area contributed by atoms with Crippen LogP contribution in [0.25, 0.3) is 0 Å². The second-order valence-electron chi connectivity index (χ2n) is 6.76. The van der Waals surface area contributed by atoms with Gasteiger partial charge in [-0.1, -0.05) is 0 Å². The molecule has 2 aliphatic rings. The summed E-state index contributed by atoms with van der Waals surface area (Å²) < 4.78 is 15.5. The summed E-state index contributed by atoms with van der Waals surface area (Å²) in [6, 6.07) is 11.6. The van der Waals surface area contributed by atoms with Crippen LogP contribution in [0, 0.1) is 5.92 Å². The molecule has 1 saturated heterocycles. The van der Waals surface area contributed by atoms with Crippen LogP contribution in [0.5, 0.6) is 11.5 Å². The van der Waals surface area contributed by atoms with E-state index in [1.165, 1.54) is 0 Å². The molecule has 150 valence electrons. The van der Waals surface area contributed by atoms with Gasteiger partial charge < -0.3 is 24.4 Å². The van der Waals surface area contributed by atoms with Crippen LogP contribution in [0.3, 0.4) is 0 Å². The molecule has 4 rings (SSSR count). The lowest BCUT2D eigenvalue weighted by Gasteiger charge is -2.38. The number of amides is 2. The number of carbonyl (C=O) groups is 3. The highest BCUT2D eigenvalue weighted by molar-refractivity contribution is 5.99. The number of carbonyl (C=O) groups excluding carboxylic acids is 3. The third kappa shape index (κ3) is 3.87. The summed E-state index contributed by atoms with van der Waals surface area (Å²) in [6.07, 6.45) is 0. The topological polar surface area (TPSA) is 94.2 Å². The molecule has 2 aliphatic heterocycles. The van der Waals surface area contributed by atoms with Gasteiger partial charge in [-0.2, -0.15) is 0 Å². The number of nitrogens with one attached hydrogen (secondary N) is 1. The van der Waals surface area contributed by atoms with Crippen molar-refractivity contribution in [2.45, 2.75) is 6.92 Å². The van der Waals surface area contributed by atoms with E-state index < -0.39 is 5.97 Å². The number of likely N-dealkylation sites (tertiary alicyclic amines) is 1. The molecule has 1 N–H and O–H groups in total. The molecule has 0 radical (unpaired) electrons. The van der Waals surface area contributed by atoms with Crippen molar-refractivity contribution < 1.29 is 28.6 Å². The lowest BCUT2D eigenvalue weighted by molar-refractivity contribution is -0.123. The standard InChI is InChI=1S/C21H20N2O6/c1-2-27-21(26)13-3-6-16(7-4-13)22-19(24)15-10-23(11-15)20(25)14-5-8-17-18(9-14)29-12-28-17/h3-9,15H,2,10-12H2,1H3,(H,22,24). The second-order valence-corrected chi connectivity index (χ2v) is 6.76. The first kappa shape index (κ1) is 18.8. The monoisotopic (exact) mass is 396 g/mol. The second kappa shape index (κ2) is 7.83. The molecule has 0 saturated carbocycles. The molecule has 2 heterocycles. The molecule has 29 heavy (non-hydrogen) atoms. The van der Waals surface area contributed by atoms with E-state index in [9.17, 15) is 14.4 Å². The zero-order valence-electron chi connectivity index (χ0n) is 15.8. The van der Waals surface area contributed by atoms with E-state index in [0.717, 1.165) is 0 Å². The predicted octanol–water partition coefficient (Wildman–Crippen LogP) is 2.30. The van der Waals surface area contributed by atoms with Gasteiger partial charge in [0.1, 0.15) is 0 Å². The molecule has 0 aromatic heterocycles. The molecule has 0 bridgehead atoms. The van der Waals surface area contributed by atoms with Crippen LogP contribution in [0.4, 0.5) is 5.69 Å². The quantitative estimate of drug-likeness (QED) is 0.780. The first-order chi connectivity index (χ1) is 14.0. The number of fused-ring (bicyclic) bond motifs is 1. The Hall–Kier alpha value is -3.55. The van der Waals surface area contributed by atoms with Crippen LogP contribution in [0.2, 0.25) is 0 Å². The minimum absolute atomic E-state index is 0.147. The zero-order valence-corrected chi connectivity index (χ0v) is 15.8. The van der Waals surface area contributed by atoms with E-state index in [4.69, 9.17) is 14.2 Å². The molecule has 8 heteroatoms. The van der Waals surface area contributed by atoms with Crippen molar-refractivity contribution in [1.29, 1.82) is 0 Å². The number of hydrogen-bond donors (Lipinski definition) is 1. The fourth-order valence-electron chi connectivity index (χ4n) is 3.17. The fraction of sp³-hybridized carbons (Fsp3) is 0.286. The molecule has 2 aromatic carbocycles. The molecule has 0 unspecified atom stereocenters. The average molecular weight is 396 g/mol. The van der Waals surface area contributed by atoms with Gasteiger partial charge in [0.2, 0.25) is 12.7 Å². The predicted molar refractivity (Wildman–Crippen MR) is 103 cm³/mol. The molecular weight excluding hydrogens is 376 g/mol. The van der Waals surface area contributed by atoms with E-state index >= 15 is 0 Å². The van der Waals surface area contributed by atoms with Crippen LogP contribution in [-0.4, -0.2) is 49.2 Å². The Morgan fingerprint density at radius 3 is 2.45 bits per heavy atom. The largest absolute Gasteiger partial charge is 0.462 e. The molecule has 0 atom stereocenters. The van der Waals surface area contributed by atoms with Gasteiger partial charge in [0.25, 0.3) is 5.91 Å². The van der Waals surface area contributed by atoms with E-state index in [0.29, 0.717) is 48.0 Å². The number of rotatable bonds is 5. The molecular formula is C21H20N2O6. The Bertz CT molecular complexity index is 950. The molecule has 1 fully saturated rings. The normalized spacial score (nSPS) is 14.9. The summed E-state index contributed by atoms with van der Waals surface area (Å²) in [5.41, 5.74) is 1.51. The van der Waals surface area contributed by atoms with Gasteiger partial charge in [-0.25, -0.2) is 4.79 Å². The highest BCUT2D eigenvalue weighted by Gasteiger charge is 2.36. The molecule has 8 nitrogen and oxygen atoms in total. The third-order valence-electron chi connectivity index (χ3n) is 4.82. The van der Waals surface area contributed by atoms with Gasteiger partial charge in [0, 0.05) is 24.3 Å². The minimum atomic E-state index is -0.401. The molecule has 2 aromatic rings. The van der Waals surface area contributed by atoms with Crippen molar-refractivity contribution in [1.82, 2.24) is 4.90 Å². The number of esters is 1. The number of hydrogen-bond acceptors (Lipinski definition) is 6. The molecule has 0 spiro atoms. The Morgan fingerprint density at radius 1 is 1.03 bits per heavy atom. The van der Waals surface area contributed by atoms with Crippen LogP contribution in [0.15, 0.2) is 42.5 Å². The van der Waals surface area contributed by atoms with Gasteiger partial charge in [0.05, 0.1) is 18.1 Å². The van der Waals surface area contributed by atoms with Crippen molar-refractivity contribution in [3.8, 4) is 11.5 Å². The third-order valence-corrected chi connectivity index (χ3v) is 4.82. The zero-order chi connectivity index (χ0) is 20.4. The van der Waals surface area contributed by atoms with Crippen molar-refractivity contribution in [2.24, 2.45) is 5.92 Å². The number of anilines is 1. The highest BCUT2D eigenvalue weighted by atomic mass is 16.7. The smallest absolute Gasteiger partial charge is 0.338 e. The summed E-state index contributed by atoms with van der Waals surface area (Å²) in [6.45, 7) is 2.89. The lowest BCUT2D eigenvalue weighted by Crippen LogP contribution is -2.54. The average Bonchev–Trinajstić information content (AvgIpc) is 3.15. The van der Waals surface area contributed by atoms with Crippen LogP contribution in [-0.2, 0) is 9.53 Å². The molecule has 0 aliphatic carbocycles. The van der Waals surface area contributed by atoms with E-state index in [-0.39, 0.29) is 24.5 Å². The highest BCUT2D eigenvalue weighted by Crippen LogP contribution is 2.33. The molecule has 2 amide bonds. The van der Waals surface area contributed by atoms with Gasteiger partial charge >= 0.3 is 5.97 Å². The van der Waals surface area contributed by atoms with E-state index in [2.05, 4.69) is 5.32 Å². The van der Waals surface area contributed by atoms with Crippen LogP contribution < -0.4 is 14.8 Å². The first-order valence-corrected chi connectivity index (χ1v) is 9.32. The van der Waals surface area contributed by atoms with Gasteiger partial charge in [-0.15, -0.1) is 0 Å². The van der Waals surface area contributed by atoms with E-state index in [1.807, 2.05) is 0 Å². The number of ether oxygens (including phenoxy) is 3. The minimum Gasteiger partial charge on any atom is -0.462 e. The van der Waals surface area contributed by atoms with Crippen molar-refractivity contribution in [2.75, 3.05) is 31.8 Å². The SMILES string of the molecule is CCOC(=O)c1ccc(NC(=O)C2CN(C(=O)c3ccc4c(c3)OCO4)C2)cc1. The van der Waals surface area contributed by atoms with Crippen LogP contribution in [0.1, 0.15) is 27.6 Å². The Kier molecular flexibility index (Phi) is 5.07. The Labute approximate surface area is 167 Å². The Morgan fingerprint density at radius 2 is 1.72 bits per heavy atom. The maximum absolute atomic E-state index is 12.6. The van der Waals surface area contributed by atoms with Crippen LogP contribution >= 0.6 is 0 Å². The maximum atomic E-state index is 12.6. The number of nitrogens with zero attached hydrogens (tertiary/aromatic N) is 1. The maximum Gasteiger partial charge on any atom is 0.338 e. The summed E-state index contributed by atoms with van der Waals surface area (Å²) in [5.74, 6) is 0.183. The van der Waals surface area contributed by atoms with Gasteiger partial charge in [0.15, 0.2) is 11.5 Å². The lowest BCUT2D eigenvalue weighted by atomic mass is 9.97. The van der Waals surface area contributed by atoms with Crippen molar-refractivity contribution >= 4 is 23.5 Å². The van der Waals surface area contributed by atoms with Gasteiger partial charge in [-0.3, -0.25) is 9.59 Å². The summed E-state index contributed by atoms with van der Waals surface area (Å²) in [7, 11) is 0. The van der Waals surface area contributed by atoms with Crippen molar-refractivity contribution in [3.63, 3.8) is 0 Å². The van der Waals surface area contributed by atoms with Gasteiger partial charge in [-0.05, 0) is 49.4 Å². The first-order valence-electron chi connectivity index (χ1n) is 9.32. The van der Waals surface area contributed by atoms with E-state index in [1.54, 1.807) is 54.3 Å². The summed E-state index contributed by atoms with van der Waals surface area (Å²) >= 11 is 0. The summed E-state index contributed by atoms with van der Waals surface area (Å²) in [5, 5.41) is 2.81. The number of benzene rings is 2. The fourth-order valence-corrected chi connectivity index (χ4v) is 3.17.